The number of nitrogens with zero attached hydrogens (tertiary/aromatic N) is 2. The topological polar surface area (TPSA) is 81.1 Å². The Morgan fingerprint density at radius 2 is 2.13 bits per heavy atom. The summed E-state index contributed by atoms with van der Waals surface area (Å²) in [5.41, 5.74) is 9.84. The number of carbonyl (C=O) groups excluding carboxylic acids is 1. The van der Waals surface area contributed by atoms with E-state index in [1.807, 2.05) is 36.9 Å². The average Bonchev–Trinajstić information content (AvgIpc) is 2.90. The molecular formula is C17H16BrN3O2. The molecule has 0 unspecified atom stereocenters. The van der Waals surface area contributed by atoms with Gasteiger partial charge < -0.3 is 15.4 Å². The van der Waals surface area contributed by atoms with Crippen LogP contribution in [0.25, 0.3) is 22.2 Å². The highest BCUT2D eigenvalue weighted by Gasteiger charge is 2.18. The number of carbonyl (C=O) groups is 1. The zero-order chi connectivity index (χ0) is 16.7. The van der Waals surface area contributed by atoms with Crippen molar-refractivity contribution in [3.05, 3.63) is 47.3 Å². The Hall–Kier alpha value is -2.34. The molecule has 23 heavy (non-hydrogen) atoms. The summed E-state index contributed by atoms with van der Waals surface area (Å²) in [5.74, 6) is -0.362. The number of hydrogen-bond acceptors (Lipinski definition) is 3. The normalized spacial score (nSPS) is 11.1. The number of fused-ring (bicyclic) bond motifs is 1. The summed E-state index contributed by atoms with van der Waals surface area (Å²) in [5, 5.41) is 11.7. The maximum atomic E-state index is 11.7. The summed E-state index contributed by atoms with van der Waals surface area (Å²) in [6, 6.07) is 7.18. The molecule has 0 aliphatic rings. The molecule has 118 valence electrons. The second-order valence-corrected chi connectivity index (χ2v) is 6.02. The lowest BCUT2D eigenvalue weighted by molar-refractivity contribution is 0.0996. The number of phenolic OH excluding ortho intramolecular Hbond substituents is 1. The van der Waals surface area contributed by atoms with E-state index in [9.17, 15) is 9.90 Å². The summed E-state index contributed by atoms with van der Waals surface area (Å²) >= 11 is 3.49. The summed E-state index contributed by atoms with van der Waals surface area (Å²) < 4.78 is 1.84. The molecule has 2 heterocycles. The molecule has 0 radical (unpaired) electrons. The number of amides is 1. The maximum Gasteiger partial charge on any atom is 0.267 e. The third kappa shape index (κ3) is 2.49. The van der Waals surface area contributed by atoms with Crippen molar-refractivity contribution in [1.82, 2.24) is 9.55 Å². The van der Waals surface area contributed by atoms with Crippen LogP contribution in [0.1, 0.15) is 21.6 Å². The molecule has 1 amide bonds. The zero-order valence-corrected chi connectivity index (χ0v) is 14.4. The predicted octanol–water partition coefficient (Wildman–Crippen LogP) is 3.25. The Balaban J connectivity index is 2.45. The maximum absolute atomic E-state index is 11.7. The van der Waals surface area contributed by atoms with Crippen LogP contribution in [0, 0.1) is 6.92 Å². The van der Waals surface area contributed by atoms with E-state index in [0.29, 0.717) is 11.0 Å². The number of primary amides is 1. The van der Waals surface area contributed by atoms with E-state index < -0.39 is 5.91 Å². The van der Waals surface area contributed by atoms with Crippen LogP contribution in [0.3, 0.4) is 0 Å². The first-order valence-electron chi connectivity index (χ1n) is 7.07. The van der Waals surface area contributed by atoms with Crippen molar-refractivity contribution >= 4 is 32.9 Å². The van der Waals surface area contributed by atoms with Gasteiger partial charge in [-0.1, -0.05) is 22.0 Å². The summed E-state index contributed by atoms with van der Waals surface area (Å²) in [6.45, 7) is 1.86. The van der Waals surface area contributed by atoms with Gasteiger partial charge in [-0.2, -0.15) is 0 Å². The molecule has 0 saturated carbocycles. The van der Waals surface area contributed by atoms with Crippen LogP contribution in [-0.2, 0) is 12.4 Å². The van der Waals surface area contributed by atoms with Gasteiger partial charge in [-0.15, -0.1) is 0 Å². The Morgan fingerprint density at radius 3 is 2.78 bits per heavy atom. The molecule has 0 bridgehead atoms. The van der Waals surface area contributed by atoms with Crippen LogP contribution in [0.5, 0.6) is 5.75 Å². The number of aromatic hydroxyl groups is 1. The first-order valence-corrected chi connectivity index (χ1v) is 8.19. The van der Waals surface area contributed by atoms with Gasteiger partial charge in [-0.05, 0) is 47.4 Å². The highest BCUT2D eigenvalue weighted by atomic mass is 79.9. The van der Waals surface area contributed by atoms with Gasteiger partial charge in [-0.25, -0.2) is 4.98 Å². The van der Waals surface area contributed by atoms with Crippen LogP contribution >= 0.6 is 15.9 Å². The lowest BCUT2D eigenvalue weighted by atomic mass is 9.93. The van der Waals surface area contributed by atoms with Crippen molar-refractivity contribution in [3.8, 4) is 16.9 Å². The molecular weight excluding hydrogens is 358 g/mol. The van der Waals surface area contributed by atoms with E-state index in [1.54, 1.807) is 12.1 Å². The predicted molar refractivity (Wildman–Crippen MR) is 93.7 cm³/mol. The van der Waals surface area contributed by atoms with Crippen molar-refractivity contribution < 1.29 is 9.90 Å². The molecule has 3 N–H and O–H groups in total. The van der Waals surface area contributed by atoms with Gasteiger partial charge in [0, 0.05) is 24.0 Å². The van der Waals surface area contributed by atoms with Gasteiger partial charge >= 0.3 is 0 Å². The molecule has 0 atom stereocenters. The minimum absolute atomic E-state index is 0.206. The molecule has 0 aliphatic carbocycles. The highest BCUT2D eigenvalue weighted by Crippen LogP contribution is 2.38. The average molecular weight is 374 g/mol. The summed E-state index contributed by atoms with van der Waals surface area (Å²) in [7, 11) is 1.87. The van der Waals surface area contributed by atoms with Crippen molar-refractivity contribution in [2.24, 2.45) is 12.8 Å². The van der Waals surface area contributed by atoms with Crippen LogP contribution in [0.2, 0.25) is 0 Å². The number of halogens is 1. The van der Waals surface area contributed by atoms with Gasteiger partial charge in [0.15, 0.2) is 0 Å². The number of nitrogens with two attached hydrogens (primary N) is 1. The molecule has 0 fully saturated rings. The second kappa shape index (κ2) is 5.70. The van der Waals surface area contributed by atoms with Crippen molar-refractivity contribution in [2.45, 2.75) is 12.3 Å². The molecule has 3 aromatic rings. The number of hydrogen-bond donors (Lipinski definition) is 2. The Bertz CT molecular complexity index is 931. The molecule has 0 spiro atoms. The minimum Gasteiger partial charge on any atom is -0.508 e. The van der Waals surface area contributed by atoms with E-state index in [1.165, 1.54) is 0 Å². The Kier molecular flexibility index (Phi) is 3.85. The third-order valence-corrected chi connectivity index (χ3v) is 4.63. The van der Waals surface area contributed by atoms with E-state index in [2.05, 4.69) is 20.9 Å². The van der Waals surface area contributed by atoms with Crippen molar-refractivity contribution in [2.75, 3.05) is 0 Å². The second-order valence-electron chi connectivity index (χ2n) is 5.46. The molecule has 1 aromatic carbocycles. The Labute approximate surface area is 141 Å². The van der Waals surface area contributed by atoms with E-state index in [0.717, 1.165) is 27.6 Å². The number of benzene rings is 1. The van der Waals surface area contributed by atoms with Crippen molar-refractivity contribution in [1.29, 1.82) is 0 Å². The molecule has 3 rings (SSSR count). The SMILES string of the molecule is Cc1c(O)ccc(CBr)c1-c1cc(C(N)=O)nc2c1ccn2C. The van der Waals surface area contributed by atoms with E-state index in [-0.39, 0.29) is 11.4 Å². The smallest absolute Gasteiger partial charge is 0.267 e. The number of alkyl halides is 1. The number of aromatic nitrogens is 2. The van der Waals surface area contributed by atoms with Crippen LogP contribution in [0.4, 0.5) is 0 Å². The molecule has 5 nitrogen and oxygen atoms in total. The van der Waals surface area contributed by atoms with E-state index in [4.69, 9.17) is 5.73 Å². The van der Waals surface area contributed by atoms with Gasteiger partial charge in [0.25, 0.3) is 5.91 Å². The third-order valence-electron chi connectivity index (χ3n) is 4.03. The van der Waals surface area contributed by atoms with Gasteiger partial charge in [-0.3, -0.25) is 4.79 Å². The van der Waals surface area contributed by atoms with Crippen LogP contribution in [-0.4, -0.2) is 20.6 Å². The molecule has 0 saturated heterocycles. The molecule has 2 aromatic heterocycles. The number of aryl methyl sites for hydroxylation is 1. The lowest BCUT2D eigenvalue weighted by Gasteiger charge is -2.15. The van der Waals surface area contributed by atoms with Gasteiger partial charge in [0.2, 0.25) is 0 Å². The quantitative estimate of drug-likeness (QED) is 0.691. The number of phenols is 1. The first-order chi connectivity index (χ1) is 10.9. The monoisotopic (exact) mass is 373 g/mol. The Morgan fingerprint density at radius 1 is 1.39 bits per heavy atom. The van der Waals surface area contributed by atoms with Crippen molar-refractivity contribution in [3.63, 3.8) is 0 Å². The zero-order valence-electron chi connectivity index (χ0n) is 12.8. The fourth-order valence-corrected chi connectivity index (χ4v) is 3.28. The standard InChI is InChI=1S/C17H16BrN3O2/c1-9-14(22)4-3-10(8-18)15(9)12-7-13(16(19)23)20-17-11(12)5-6-21(17)2/h3-7,22H,8H2,1-2H3,(H2,19,23). The summed E-state index contributed by atoms with van der Waals surface area (Å²) in [4.78, 5) is 16.0. The van der Waals surface area contributed by atoms with Crippen LogP contribution < -0.4 is 5.73 Å². The van der Waals surface area contributed by atoms with Gasteiger partial charge in [0.1, 0.15) is 17.1 Å². The largest absolute Gasteiger partial charge is 0.508 e. The molecule has 6 heteroatoms. The van der Waals surface area contributed by atoms with Gasteiger partial charge in [0.05, 0.1) is 0 Å². The minimum atomic E-state index is -0.576. The van der Waals surface area contributed by atoms with E-state index >= 15 is 0 Å². The fourth-order valence-electron chi connectivity index (χ4n) is 2.81. The fraction of sp³-hybridized carbons (Fsp3) is 0.176. The summed E-state index contributed by atoms with van der Waals surface area (Å²) in [6.07, 6.45) is 1.89. The first kappa shape index (κ1) is 15.6. The van der Waals surface area contributed by atoms with Crippen LogP contribution in [0.15, 0.2) is 30.5 Å². The molecule has 0 aliphatic heterocycles. The number of pyridine rings is 1. The highest BCUT2D eigenvalue weighted by molar-refractivity contribution is 9.08. The lowest BCUT2D eigenvalue weighted by Crippen LogP contribution is -2.13. The number of rotatable bonds is 3.